The Morgan fingerprint density at radius 3 is 2.48 bits per heavy atom. The van der Waals surface area contributed by atoms with E-state index in [1.165, 1.54) is 16.4 Å². The maximum Gasteiger partial charge on any atom is 0.253 e. The van der Waals surface area contributed by atoms with Crippen LogP contribution in [0.4, 0.5) is 5.69 Å². The van der Waals surface area contributed by atoms with Crippen LogP contribution in [0.15, 0.2) is 53.4 Å². The molecular weight excluding hydrogens is 466 g/mol. The Kier molecular flexibility index (Phi) is 7.33. The molecule has 2 aliphatic rings. The number of amides is 2. The molecule has 0 radical (unpaired) electrons. The van der Waals surface area contributed by atoms with Crippen LogP contribution in [0.3, 0.4) is 0 Å². The molecule has 4 rings (SSSR count). The van der Waals surface area contributed by atoms with Crippen molar-refractivity contribution < 1.29 is 22.7 Å². The number of carbonyl (C=O) groups is 2. The monoisotopic (exact) mass is 491 g/mol. The fourth-order valence-electron chi connectivity index (χ4n) is 4.07. The Morgan fingerprint density at radius 1 is 1.03 bits per heavy atom. The second-order valence-corrected chi connectivity index (χ2v) is 10.5. The summed E-state index contributed by atoms with van der Waals surface area (Å²) < 4.78 is 32.4. The molecule has 0 unspecified atom stereocenters. The molecule has 0 saturated carbocycles. The van der Waals surface area contributed by atoms with Crippen molar-refractivity contribution in [3.05, 3.63) is 59.1 Å². The number of nitrogens with one attached hydrogen (secondary N) is 1. The highest BCUT2D eigenvalue weighted by Crippen LogP contribution is 2.24. The molecule has 1 atom stereocenters. The van der Waals surface area contributed by atoms with E-state index in [4.69, 9.17) is 16.3 Å². The molecule has 0 aliphatic carbocycles. The second-order valence-electron chi connectivity index (χ2n) is 8.13. The molecule has 2 fully saturated rings. The van der Waals surface area contributed by atoms with Gasteiger partial charge < -0.3 is 15.0 Å². The molecule has 2 aromatic rings. The number of rotatable bonds is 5. The number of hydrogen-bond acceptors (Lipinski definition) is 5. The van der Waals surface area contributed by atoms with Crippen molar-refractivity contribution in [1.82, 2.24) is 9.21 Å². The highest BCUT2D eigenvalue weighted by atomic mass is 35.5. The van der Waals surface area contributed by atoms with E-state index >= 15 is 0 Å². The molecule has 8 nitrogen and oxygen atoms in total. The van der Waals surface area contributed by atoms with Crippen LogP contribution in [0.5, 0.6) is 0 Å². The van der Waals surface area contributed by atoms with Gasteiger partial charge in [0.2, 0.25) is 15.9 Å². The Balaban J connectivity index is 1.42. The molecule has 2 aliphatic heterocycles. The molecule has 33 heavy (non-hydrogen) atoms. The average Bonchev–Trinajstić information content (AvgIpc) is 2.85. The van der Waals surface area contributed by atoms with Crippen molar-refractivity contribution in [2.75, 3.05) is 44.7 Å². The van der Waals surface area contributed by atoms with Crippen LogP contribution in [-0.2, 0) is 19.6 Å². The smallest absolute Gasteiger partial charge is 0.253 e. The van der Waals surface area contributed by atoms with Gasteiger partial charge in [-0.25, -0.2) is 8.42 Å². The van der Waals surface area contributed by atoms with E-state index in [1.54, 1.807) is 41.3 Å². The third-order valence-corrected chi connectivity index (χ3v) is 8.03. The van der Waals surface area contributed by atoms with Crippen LogP contribution in [0, 0.1) is 5.92 Å². The SMILES string of the molecule is O=C(Nc1cccc(S(=O)(=O)N2CCOCC2)c1)[C@@H]1CCCN(C(=O)c2ccc(Cl)cc2)C1. The van der Waals surface area contributed by atoms with E-state index < -0.39 is 10.0 Å². The van der Waals surface area contributed by atoms with Crippen molar-refractivity contribution >= 4 is 39.1 Å². The van der Waals surface area contributed by atoms with E-state index in [-0.39, 0.29) is 22.6 Å². The zero-order valence-electron chi connectivity index (χ0n) is 18.1. The second kappa shape index (κ2) is 10.2. The van der Waals surface area contributed by atoms with E-state index in [0.29, 0.717) is 68.5 Å². The summed E-state index contributed by atoms with van der Waals surface area (Å²) in [7, 11) is -3.66. The van der Waals surface area contributed by atoms with Gasteiger partial charge in [-0.1, -0.05) is 17.7 Å². The van der Waals surface area contributed by atoms with Crippen molar-refractivity contribution in [1.29, 1.82) is 0 Å². The molecule has 0 aromatic heterocycles. The van der Waals surface area contributed by atoms with E-state index in [2.05, 4.69) is 5.32 Å². The van der Waals surface area contributed by atoms with E-state index in [9.17, 15) is 18.0 Å². The van der Waals surface area contributed by atoms with Crippen LogP contribution in [-0.4, -0.2) is 68.8 Å². The number of piperidine rings is 1. The third kappa shape index (κ3) is 5.55. The summed E-state index contributed by atoms with van der Waals surface area (Å²) in [5.74, 6) is -0.748. The number of halogens is 1. The average molecular weight is 492 g/mol. The number of sulfonamides is 1. The number of nitrogens with zero attached hydrogens (tertiary/aromatic N) is 2. The van der Waals surface area contributed by atoms with Crippen molar-refractivity contribution in [3.63, 3.8) is 0 Å². The molecule has 2 saturated heterocycles. The lowest BCUT2D eigenvalue weighted by Crippen LogP contribution is -2.43. The van der Waals surface area contributed by atoms with E-state index in [1.807, 2.05) is 0 Å². The molecule has 0 bridgehead atoms. The Hall–Kier alpha value is -2.46. The fourth-order valence-corrected chi connectivity index (χ4v) is 5.65. The quantitative estimate of drug-likeness (QED) is 0.693. The maximum absolute atomic E-state index is 12.9. The first-order chi connectivity index (χ1) is 15.8. The Bertz CT molecular complexity index is 1120. The number of carbonyl (C=O) groups excluding carboxylic acids is 2. The summed E-state index contributed by atoms with van der Waals surface area (Å²) in [6.07, 6.45) is 1.37. The number of hydrogen-bond donors (Lipinski definition) is 1. The summed E-state index contributed by atoms with van der Waals surface area (Å²) >= 11 is 5.90. The third-order valence-electron chi connectivity index (χ3n) is 5.88. The molecule has 0 spiro atoms. The van der Waals surface area contributed by atoms with Gasteiger partial charge in [-0.2, -0.15) is 4.31 Å². The minimum absolute atomic E-state index is 0.130. The first-order valence-electron chi connectivity index (χ1n) is 10.9. The Morgan fingerprint density at radius 2 is 1.76 bits per heavy atom. The zero-order chi connectivity index (χ0) is 23.4. The molecule has 176 valence electrons. The highest BCUT2D eigenvalue weighted by molar-refractivity contribution is 7.89. The number of morpholine rings is 1. The van der Waals surface area contributed by atoms with Gasteiger partial charge >= 0.3 is 0 Å². The van der Waals surface area contributed by atoms with Crippen LogP contribution in [0.25, 0.3) is 0 Å². The minimum Gasteiger partial charge on any atom is -0.379 e. The lowest BCUT2D eigenvalue weighted by Gasteiger charge is -2.32. The topological polar surface area (TPSA) is 96.0 Å². The number of likely N-dealkylation sites (tertiary alicyclic amines) is 1. The van der Waals surface area contributed by atoms with Crippen molar-refractivity contribution in [2.45, 2.75) is 17.7 Å². The molecular formula is C23H26ClN3O5S. The van der Waals surface area contributed by atoms with Crippen molar-refractivity contribution in [3.8, 4) is 0 Å². The summed E-state index contributed by atoms with van der Waals surface area (Å²) in [6, 6.07) is 13.0. The van der Waals surface area contributed by atoms with Gasteiger partial charge in [0.25, 0.3) is 5.91 Å². The molecule has 1 N–H and O–H groups in total. The first-order valence-corrected chi connectivity index (χ1v) is 12.7. The van der Waals surface area contributed by atoms with Gasteiger partial charge in [0, 0.05) is 42.5 Å². The summed E-state index contributed by atoms with van der Waals surface area (Å²) in [4.78, 5) is 27.6. The van der Waals surface area contributed by atoms with Gasteiger partial charge in [-0.15, -0.1) is 0 Å². The highest BCUT2D eigenvalue weighted by Gasteiger charge is 2.30. The molecule has 10 heteroatoms. The first kappa shape index (κ1) is 23.7. The minimum atomic E-state index is -3.66. The Labute approximate surface area is 198 Å². The van der Waals surface area contributed by atoms with Gasteiger partial charge in [0.1, 0.15) is 0 Å². The van der Waals surface area contributed by atoms with Crippen LogP contribution in [0.2, 0.25) is 5.02 Å². The largest absolute Gasteiger partial charge is 0.379 e. The van der Waals surface area contributed by atoms with E-state index in [0.717, 1.165) is 0 Å². The lowest BCUT2D eigenvalue weighted by molar-refractivity contribution is -0.121. The molecule has 2 amide bonds. The van der Waals surface area contributed by atoms with Gasteiger partial charge in [-0.05, 0) is 55.3 Å². The van der Waals surface area contributed by atoms with Crippen LogP contribution >= 0.6 is 11.6 Å². The predicted molar refractivity (Wildman–Crippen MR) is 125 cm³/mol. The summed E-state index contributed by atoms with van der Waals surface area (Å²) in [5, 5.41) is 3.39. The molecule has 2 heterocycles. The predicted octanol–water partition coefficient (Wildman–Crippen LogP) is 2.85. The number of anilines is 1. The van der Waals surface area contributed by atoms with Crippen LogP contribution < -0.4 is 5.32 Å². The van der Waals surface area contributed by atoms with Crippen LogP contribution in [0.1, 0.15) is 23.2 Å². The summed E-state index contributed by atoms with van der Waals surface area (Å²) in [6.45, 7) is 2.22. The maximum atomic E-state index is 12.9. The van der Waals surface area contributed by atoms with Gasteiger partial charge in [0.15, 0.2) is 0 Å². The molecule has 2 aromatic carbocycles. The van der Waals surface area contributed by atoms with Crippen molar-refractivity contribution in [2.24, 2.45) is 5.92 Å². The number of benzene rings is 2. The lowest BCUT2D eigenvalue weighted by atomic mass is 9.96. The fraction of sp³-hybridized carbons (Fsp3) is 0.391. The summed E-state index contributed by atoms with van der Waals surface area (Å²) in [5.41, 5.74) is 0.942. The zero-order valence-corrected chi connectivity index (χ0v) is 19.6. The van der Waals surface area contributed by atoms with Gasteiger partial charge in [-0.3, -0.25) is 9.59 Å². The normalized spacial score (nSPS) is 19.8. The number of ether oxygens (including phenoxy) is 1. The van der Waals surface area contributed by atoms with Gasteiger partial charge in [0.05, 0.1) is 24.0 Å². The standard InChI is InChI=1S/C23H26ClN3O5S/c24-19-8-6-17(7-9-19)23(29)26-10-2-3-18(16-26)22(28)25-20-4-1-5-21(15-20)33(30,31)27-11-13-32-14-12-27/h1,4-9,15,18H,2-3,10-14,16H2,(H,25,28)/t18-/m1/s1.